The highest BCUT2D eigenvalue weighted by molar-refractivity contribution is 6.33. The number of methoxy groups -OCH3 is 1. The highest BCUT2D eigenvalue weighted by atomic mass is 16.5. The molecule has 0 bridgehead atoms. The van der Waals surface area contributed by atoms with E-state index in [2.05, 4.69) is 4.74 Å². The number of nitrogens with zero attached hydrogens (tertiary/aromatic N) is 1. The molecule has 0 aromatic heterocycles. The summed E-state index contributed by atoms with van der Waals surface area (Å²) in [6.07, 6.45) is 0. The predicted molar refractivity (Wildman–Crippen MR) is 55.5 cm³/mol. The number of hydrogen-bond donors (Lipinski definition) is 2. The van der Waals surface area contributed by atoms with Crippen molar-refractivity contribution in [2.75, 3.05) is 7.11 Å². The number of rotatable bonds is 2. The molecule has 1 heterocycles. The maximum atomic E-state index is 11.7. The van der Waals surface area contributed by atoms with E-state index in [-0.39, 0.29) is 0 Å². The Morgan fingerprint density at radius 1 is 1.22 bits per heavy atom. The Morgan fingerprint density at radius 2 is 1.72 bits per heavy atom. The lowest BCUT2D eigenvalue weighted by molar-refractivity contribution is -0.200. The molecule has 1 fully saturated rings. The summed E-state index contributed by atoms with van der Waals surface area (Å²) in [6, 6.07) is -1.35. The summed E-state index contributed by atoms with van der Waals surface area (Å²) in [7, 11) is 0.956. The van der Waals surface area contributed by atoms with Crippen LogP contribution in [0.15, 0.2) is 0 Å². The maximum absolute atomic E-state index is 11.7. The van der Waals surface area contributed by atoms with E-state index in [4.69, 9.17) is 10.2 Å². The predicted octanol–water partition coefficient (Wildman–Crippen LogP) is -1.07. The summed E-state index contributed by atoms with van der Waals surface area (Å²) < 4.78 is 4.19. The zero-order valence-corrected chi connectivity index (χ0v) is 10.0. The van der Waals surface area contributed by atoms with Crippen LogP contribution in [-0.4, -0.2) is 57.6 Å². The van der Waals surface area contributed by atoms with E-state index in [0.29, 0.717) is 4.90 Å². The van der Waals surface area contributed by atoms with Crippen LogP contribution in [0.5, 0.6) is 0 Å². The van der Waals surface area contributed by atoms with Gasteiger partial charge in [0, 0.05) is 5.92 Å². The SMILES string of the molecule is COC(=O)C(=O)N1[C@@H](C(=O)O)C(C)[C@@]1(C)C(=O)O. The number of aliphatic carboxylic acids is 2. The second kappa shape index (κ2) is 4.28. The van der Waals surface area contributed by atoms with E-state index in [0.717, 1.165) is 7.11 Å². The molecule has 0 aliphatic carbocycles. The van der Waals surface area contributed by atoms with E-state index >= 15 is 0 Å². The van der Waals surface area contributed by atoms with E-state index in [1.165, 1.54) is 13.8 Å². The average Bonchev–Trinajstić information content (AvgIpc) is 2.31. The minimum absolute atomic E-state index is 0.536. The molecule has 0 spiro atoms. The number of carbonyl (C=O) groups is 4. The van der Waals surface area contributed by atoms with Crippen molar-refractivity contribution in [3.63, 3.8) is 0 Å². The average molecular weight is 259 g/mol. The Labute approximate surface area is 102 Å². The molecule has 18 heavy (non-hydrogen) atoms. The fourth-order valence-corrected chi connectivity index (χ4v) is 2.10. The molecule has 1 saturated heterocycles. The van der Waals surface area contributed by atoms with Gasteiger partial charge in [0.2, 0.25) is 0 Å². The number of esters is 1. The second-order valence-corrected chi connectivity index (χ2v) is 4.19. The smallest absolute Gasteiger partial charge is 0.396 e. The van der Waals surface area contributed by atoms with Gasteiger partial charge in [-0.3, -0.25) is 4.79 Å². The first-order valence-corrected chi connectivity index (χ1v) is 5.07. The molecule has 1 rings (SSSR count). The lowest BCUT2D eigenvalue weighted by atomic mass is 9.69. The molecule has 8 heteroatoms. The van der Waals surface area contributed by atoms with Crippen molar-refractivity contribution in [3.8, 4) is 0 Å². The van der Waals surface area contributed by atoms with Gasteiger partial charge in [-0.05, 0) is 6.92 Å². The number of ether oxygens (including phenoxy) is 1. The van der Waals surface area contributed by atoms with Crippen molar-refractivity contribution in [2.24, 2.45) is 5.92 Å². The Hall–Kier alpha value is -2.12. The topological polar surface area (TPSA) is 121 Å². The summed E-state index contributed by atoms with van der Waals surface area (Å²) >= 11 is 0. The number of likely N-dealkylation sites (tertiary alicyclic amines) is 1. The molecule has 1 amide bonds. The van der Waals surface area contributed by atoms with Crippen LogP contribution in [0.3, 0.4) is 0 Å². The minimum Gasteiger partial charge on any atom is -0.480 e. The van der Waals surface area contributed by atoms with E-state index in [9.17, 15) is 19.2 Å². The first-order valence-electron chi connectivity index (χ1n) is 5.07. The Balaban J connectivity index is 3.17. The minimum atomic E-state index is -1.73. The van der Waals surface area contributed by atoms with Crippen molar-refractivity contribution >= 4 is 23.8 Å². The van der Waals surface area contributed by atoms with Crippen LogP contribution in [-0.2, 0) is 23.9 Å². The molecule has 100 valence electrons. The molecule has 8 nitrogen and oxygen atoms in total. The number of hydrogen-bond acceptors (Lipinski definition) is 5. The molecule has 3 atom stereocenters. The van der Waals surface area contributed by atoms with Crippen LogP contribution in [0.1, 0.15) is 13.8 Å². The van der Waals surface area contributed by atoms with Crippen LogP contribution < -0.4 is 0 Å². The molecule has 2 N–H and O–H groups in total. The van der Waals surface area contributed by atoms with E-state index < -0.39 is 41.3 Å². The summed E-state index contributed by atoms with van der Waals surface area (Å²) in [4.78, 5) is 45.5. The molecule has 1 unspecified atom stereocenters. The fraction of sp³-hybridized carbons (Fsp3) is 0.600. The largest absolute Gasteiger partial charge is 0.480 e. The summed E-state index contributed by atoms with van der Waals surface area (Å²) in [5.41, 5.74) is -1.73. The van der Waals surface area contributed by atoms with Crippen molar-refractivity contribution in [1.29, 1.82) is 0 Å². The van der Waals surface area contributed by atoms with Crippen molar-refractivity contribution in [3.05, 3.63) is 0 Å². The lowest BCUT2D eigenvalue weighted by Crippen LogP contribution is -2.78. The number of carboxylic acid groups (broad SMARTS) is 2. The van der Waals surface area contributed by atoms with Gasteiger partial charge in [-0.2, -0.15) is 0 Å². The molecular weight excluding hydrogens is 246 g/mol. The van der Waals surface area contributed by atoms with Gasteiger partial charge in [0.1, 0.15) is 11.6 Å². The third kappa shape index (κ3) is 1.60. The van der Waals surface area contributed by atoms with Gasteiger partial charge in [0.05, 0.1) is 7.11 Å². The van der Waals surface area contributed by atoms with Crippen LogP contribution in [0.25, 0.3) is 0 Å². The molecule has 1 aliphatic heterocycles. The Kier molecular flexibility index (Phi) is 3.32. The van der Waals surface area contributed by atoms with Gasteiger partial charge < -0.3 is 19.8 Å². The second-order valence-electron chi connectivity index (χ2n) is 4.19. The van der Waals surface area contributed by atoms with E-state index in [1.807, 2.05) is 0 Å². The van der Waals surface area contributed by atoms with Crippen LogP contribution in [0.4, 0.5) is 0 Å². The van der Waals surface area contributed by atoms with Crippen molar-refractivity contribution < 1.29 is 34.1 Å². The zero-order valence-electron chi connectivity index (χ0n) is 10.0. The van der Waals surface area contributed by atoms with Crippen molar-refractivity contribution in [1.82, 2.24) is 4.90 Å². The first kappa shape index (κ1) is 13.9. The highest BCUT2D eigenvalue weighted by Crippen LogP contribution is 2.42. The molecular formula is C10H13NO7. The zero-order chi connectivity index (χ0) is 14.2. The molecule has 0 saturated carbocycles. The van der Waals surface area contributed by atoms with Gasteiger partial charge in [-0.25, -0.2) is 14.4 Å². The fourth-order valence-electron chi connectivity index (χ4n) is 2.10. The van der Waals surface area contributed by atoms with Gasteiger partial charge in [0.25, 0.3) is 0 Å². The number of carboxylic acids is 2. The van der Waals surface area contributed by atoms with Gasteiger partial charge in [-0.1, -0.05) is 6.92 Å². The lowest BCUT2D eigenvalue weighted by Gasteiger charge is -2.56. The van der Waals surface area contributed by atoms with Crippen LogP contribution >= 0.6 is 0 Å². The highest BCUT2D eigenvalue weighted by Gasteiger charge is 2.66. The summed E-state index contributed by atoms with van der Waals surface area (Å²) in [5.74, 6) is -6.11. The molecule has 0 aromatic carbocycles. The third-order valence-electron chi connectivity index (χ3n) is 3.40. The standard InChI is InChI=1S/C10H13NO7/c1-4-5(7(13)14)11(6(12)8(15)18-3)10(4,2)9(16)17/h4-5H,1-3H3,(H,13,14)(H,16,17)/t4?,5-,10+/m1/s1. The molecule has 0 aromatic rings. The molecule has 0 radical (unpaired) electrons. The van der Waals surface area contributed by atoms with Gasteiger partial charge in [0.15, 0.2) is 0 Å². The Morgan fingerprint density at radius 3 is 2.06 bits per heavy atom. The van der Waals surface area contributed by atoms with Crippen LogP contribution in [0, 0.1) is 5.92 Å². The van der Waals surface area contributed by atoms with E-state index in [1.54, 1.807) is 0 Å². The first-order chi connectivity index (χ1) is 8.19. The quantitative estimate of drug-likeness (QED) is 0.478. The monoisotopic (exact) mass is 259 g/mol. The van der Waals surface area contributed by atoms with Gasteiger partial charge in [-0.15, -0.1) is 0 Å². The molecule has 1 aliphatic rings. The van der Waals surface area contributed by atoms with Crippen LogP contribution in [0.2, 0.25) is 0 Å². The third-order valence-corrected chi connectivity index (χ3v) is 3.40. The maximum Gasteiger partial charge on any atom is 0.396 e. The van der Waals surface area contributed by atoms with Crippen molar-refractivity contribution in [2.45, 2.75) is 25.4 Å². The summed E-state index contributed by atoms with van der Waals surface area (Å²) in [5, 5.41) is 18.0. The normalized spacial score (nSPS) is 30.3. The number of carbonyl (C=O) groups excluding carboxylic acids is 2. The van der Waals surface area contributed by atoms with Gasteiger partial charge >= 0.3 is 23.8 Å². The number of amides is 1. The Bertz CT molecular complexity index is 432. The summed E-state index contributed by atoms with van der Waals surface area (Å²) in [6.45, 7) is 2.59.